The minimum absolute atomic E-state index is 0.0430. The quantitative estimate of drug-likeness (QED) is 0.0235. The topological polar surface area (TPSA) is 102 Å². The fourth-order valence-corrected chi connectivity index (χ4v) is 7.54. The highest BCUT2D eigenvalue weighted by atomic mass is 19.4. The molecule has 346 valence electrons. The van der Waals surface area contributed by atoms with Crippen LogP contribution in [0.25, 0.3) is 22.2 Å². The number of carbonyl (C=O) groups is 1. The van der Waals surface area contributed by atoms with Gasteiger partial charge in [0, 0.05) is 19.7 Å². The molecule has 2 heterocycles. The first-order valence-corrected chi connectivity index (χ1v) is 22.9. The summed E-state index contributed by atoms with van der Waals surface area (Å²) in [4.78, 5) is 12.7. The molecule has 1 aromatic carbocycles. The molecule has 2 aromatic heterocycles. The number of rotatable bonds is 30. The zero-order valence-corrected chi connectivity index (χ0v) is 38.4. The third kappa shape index (κ3) is 20.5. The van der Waals surface area contributed by atoms with Gasteiger partial charge in [0.25, 0.3) is 5.91 Å². The second-order valence-electron chi connectivity index (χ2n) is 19.1. The minimum atomic E-state index is -4.67. The lowest BCUT2D eigenvalue weighted by atomic mass is 9.89. The number of benzene rings is 1. The summed E-state index contributed by atoms with van der Waals surface area (Å²) in [6.07, 6.45) is 18.2. The van der Waals surface area contributed by atoms with E-state index in [4.69, 9.17) is 14.2 Å². The number of nitrogens with one attached hydrogen (secondary N) is 1. The summed E-state index contributed by atoms with van der Waals surface area (Å²) in [5.74, 6) is -1.90. The number of hydrogen-bond donors (Lipinski definition) is 1. The maximum atomic E-state index is 15.5. The van der Waals surface area contributed by atoms with Crippen molar-refractivity contribution in [2.75, 3.05) is 27.1 Å². The molecule has 61 heavy (non-hydrogen) atoms. The second-order valence-corrected chi connectivity index (χ2v) is 19.1. The van der Waals surface area contributed by atoms with Crippen LogP contribution >= 0.6 is 0 Å². The van der Waals surface area contributed by atoms with Crippen molar-refractivity contribution in [3.05, 3.63) is 46.7 Å². The van der Waals surface area contributed by atoms with Crippen LogP contribution in [-0.2, 0) is 22.6 Å². The van der Waals surface area contributed by atoms with E-state index in [2.05, 4.69) is 52.0 Å². The maximum absolute atomic E-state index is 15.5. The smallest absolute Gasteiger partial charge is 0.393 e. The van der Waals surface area contributed by atoms with Gasteiger partial charge in [0.05, 0.1) is 29.5 Å². The van der Waals surface area contributed by atoms with E-state index in [0.717, 1.165) is 63.3 Å². The fraction of sp³-hybridized carbons (Fsp3) is 0.729. The summed E-state index contributed by atoms with van der Waals surface area (Å²) < 4.78 is 75.8. The Morgan fingerprint density at radius 3 is 1.72 bits per heavy atom. The van der Waals surface area contributed by atoms with Crippen LogP contribution in [-0.4, -0.2) is 48.9 Å². The van der Waals surface area contributed by atoms with Crippen molar-refractivity contribution in [3.8, 4) is 17.0 Å². The molecule has 0 unspecified atom stereocenters. The summed E-state index contributed by atoms with van der Waals surface area (Å²) in [5, 5.41) is 20.5. The largest absolute Gasteiger partial charge is 0.618 e. The SMILES string of the molecule is CNC(=O)c1nn(COCCCCCCCCCCCC(C)(C)C)c2cc(-c3cc(F)c(OCOCCCCCCCCCCCC(C)(C)C)cc3CC(F)(F)F)[n+]([O-])cc12. The number of nitrogens with zero attached hydrogens (tertiary/aromatic N) is 3. The van der Waals surface area contributed by atoms with Gasteiger partial charge in [-0.15, -0.1) is 0 Å². The number of hydrogen-bond acceptors (Lipinski definition) is 6. The van der Waals surface area contributed by atoms with E-state index in [1.807, 2.05) is 0 Å². The standard InChI is InChI=1S/C48H76F4N4O5/c1-46(2,3)26-22-18-14-10-8-12-16-20-24-28-59-35-55-41-32-42(56(58)34-39(41)44(54-55)45(57)53-7)38-31-40(49)43(30-37(38)33-48(50,51)52)61-36-60-29-25-21-17-13-9-11-15-19-23-27-47(4,5)6/h30-32,34H,8-29,33,35-36H2,1-7H3,(H,53,57). The van der Waals surface area contributed by atoms with Crippen molar-refractivity contribution >= 4 is 16.8 Å². The van der Waals surface area contributed by atoms with Gasteiger partial charge in [0.1, 0.15) is 6.73 Å². The van der Waals surface area contributed by atoms with Gasteiger partial charge in [-0.2, -0.15) is 23.0 Å². The summed E-state index contributed by atoms with van der Waals surface area (Å²) in [7, 11) is 1.43. The molecule has 0 atom stereocenters. The summed E-state index contributed by atoms with van der Waals surface area (Å²) in [6.45, 7) is 14.1. The van der Waals surface area contributed by atoms with Crippen LogP contribution in [0.5, 0.6) is 5.75 Å². The Bertz CT molecular complexity index is 1730. The molecule has 0 fully saturated rings. The van der Waals surface area contributed by atoms with Crippen LogP contribution in [0, 0.1) is 21.9 Å². The molecule has 0 spiro atoms. The van der Waals surface area contributed by atoms with Crippen molar-refractivity contribution in [2.45, 2.75) is 189 Å². The van der Waals surface area contributed by atoms with Crippen LogP contribution in [0.3, 0.4) is 0 Å². The average molecular weight is 865 g/mol. The predicted octanol–water partition coefficient (Wildman–Crippen LogP) is 13.2. The van der Waals surface area contributed by atoms with Gasteiger partial charge in [0.15, 0.2) is 30.3 Å². The Morgan fingerprint density at radius 1 is 0.738 bits per heavy atom. The van der Waals surface area contributed by atoms with Gasteiger partial charge < -0.3 is 24.7 Å². The lowest BCUT2D eigenvalue weighted by Crippen LogP contribution is -2.30. The zero-order valence-electron chi connectivity index (χ0n) is 38.4. The van der Waals surface area contributed by atoms with E-state index < -0.39 is 30.1 Å². The molecule has 1 amide bonds. The Kier molecular flexibility index (Phi) is 22.3. The van der Waals surface area contributed by atoms with Gasteiger partial charge in [-0.1, -0.05) is 144 Å². The van der Waals surface area contributed by atoms with Gasteiger partial charge in [0.2, 0.25) is 5.69 Å². The highest BCUT2D eigenvalue weighted by Crippen LogP contribution is 2.35. The number of halogens is 4. The van der Waals surface area contributed by atoms with Crippen molar-refractivity contribution < 1.29 is 41.3 Å². The number of aromatic nitrogens is 3. The second kappa shape index (κ2) is 26.2. The monoisotopic (exact) mass is 865 g/mol. The number of carbonyl (C=O) groups excluding carboxylic acids is 1. The summed E-state index contributed by atoms with van der Waals surface area (Å²) in [6, 6.07) is 3.17. The molecule has 0 aliphatic rings. The number of pyridine rings is 1. The Hall–Kier alpha value is -3.45. The molecule has 9 nitrogen and oxygen atoms in total. The van der Waals surface area contributed by atoms with E-state index in [1.54, 1.807) is 0 Å². The van der Waals surface area contributed by atoms with Crippen LogP contribution < -0.4 is 14.8 Å². The Labute approximate surface area is 363 Å². The third-order valence-electron chi connectivity index (χ3n) is 11.0. The lowest BCUT2D eigenvalue weighted by Gasteiger charge is -2.17. The van der Waals surface area contributed by atoms with Gasteiger partial charge in [-0.3, -0.25) is 4.79 Å². The maximum Gasteiger partial charge on any atom is 0.393 e. The molecule has 0 saturated heterocycles. The fourth-order valence-electron chi connectivity index (χ4n) is 7.54. The lowest BCUT2D eigenvalue weighted by molar-refractivity contribution is -0.592. The molecule has 0 bridgehead atoms. The van der Waals surface area contributed by atoms with Crippen LogP contribution in [0.2, 0.25) is 0 Å². The van der Waals surface area contributed by atoms with Crippen LogP contribution in [0.15, 0.2) is 24.4 Å². The zero-order chi connectivity index (χ0) is 44.9. The number of fused-ring (bicyclic) bond motifs is 1. The minimum Gasteiger partial charge on any atom is -0.618 e. The summed E-state index contributed by atoms with van der Waals surface area (Å²) in [5.41, 5.74) is 0.181. The van der Waals surface area contributed by atoms with E-state index in [9.17, 15) is 23.2 Å². The normalized spacial score (nSPS) is 12.4. The highest BCUT2D eigenvalue weighted by Gasteiger charge is 2.32. The predicted molar refractivity (Wildman–Crippen MR) is 236 cm³/mol. The molecular formula is C48H76F4N4O5. The summed E-state index contributed by atoms with van der Waals surface area (Å²) >= 11 is 0. The van der Waals surface area contributed by atoms with E-state index in [-0.39, 0.29) is 46.9 Å². The number of ether oxygens (including phenoxy) is 3. The van der Waals surface area contributed by atoms with Gasteiger partial charge >= 0.3 is 6.18 Å². The molecule has 0 aliphatic heterocycles. The first-order chi connectivity index (χ1) is 28.9. The molecule has 3 aromatic rings. The molecule has 0 radical (unpaired) electrons. The molecule has 3 rings (SSSR count). The number of unbranched alkanes of at least 4 members (excludes halogenated alkanes) is 16. The van der Waals surface area contributed by atoms with Gasteiger partial charge in [-0.25, -0.2) is 9.07 Å². The highest BCUT2D eigenvalue weighted by molar-refractivity contribution is 6.04. The van der Waals surface area contributed by atoms with E-state index in [0.29, 0.717) is 28.8 Å². The molecule has 0 aliphatic carbocycles. The third-order valence-corrected chi connectivity index (χ3v) is 11.0. The Balaban J connectivity index is 1.56. The number of alkyl halides is 3. The van der Waals surface area contributed by atoms with Crippen molar-refractivity contribution in [3.63, 3.8) is 0 Å². The molecule has 1 N–H and O–H groups in total. The van der Waals surface area contributed by atoms with E-state index in [1.165, 1.54) is 101 Å². The molecule has 13 heteroatoms. The first-order valence-electron chi connectivity index (χ1n) is 22.9. The molecule has 0 saturated carbocycles. The van der Waals surface area contributed by atoms with Gasteiger partial charge in [-0.05, 0) is 54.2 Å². The van der Waals surface area contributed by atoms with E-state index >= 15 is 4.39 Å². The average Bonchev–Trinajstić information content (AvgIpc) is 3.52. The van der Waals surface area contributed by atoms with Crippen LogP contribution in [0.1, 0.15) is 186 Å². The first kappa shape index (κ1) is 51.9. The number of amides is 1. The van der Waals surface area contributed by atoms with Crippen LogP contribution in [0.4, 0.5) is 17.6 Å². The Morgan fingerprint density at radius 2 is 1.23 bits per heavy atom. The van der Waals surface area contributed by atoms with Crippen molar-refractivity contribution in [1.82, 2.24) is 15.1 Å². The van der Waals surface area contributed by atoms with Crippen molar-refractivity contribution in [2.24, 2.45) is 10.8 Å². The molecular weight excluding hydrogens is 789 g/mol. The van der Waals surface area contributed by atoms with Crippen molar-refractivity contribution in [1.29, 1.82) is 0 Å².